The van der Waals surface area contributed by atoms with Crippen molar-refractivity contribution >= 4 is 11.7 Å². The highest BCUT2D eigenvalue weighted by atomic mass is 16.1. The standard InChI is InChI=1S/C11H18N4O/c1-3-5-6-15(4-2)10-8-13-7-9(14-10)11(12)16/h7-8H,3-6H2,1-2H3,(H2,12,16). The predicted octanol–water partition coefficient (Wildman–Crippen LogP) is 1.20. The lowest BCUT2D eigenvalue weighted by Crippen LogP contribution is -2.26. The van der Waals surface area contributed by atoms with Crippen LogP contribution in [0.4, 0.5) is 5.82 Å². The predicted molar refractivity (Wildman–Crippen MR) is 63.3 cm³/mol. The van der Waals surface area contributed by atoms with Crippen LogP contribution in [-0.2, 0) is 0 Å². The molecule has 1 rings (SSSR count). The number of primary amides is 1. The van der Waals surface area contributed by atoms with E-state index in [1.54, 1.807) is 6.20 Å². The van der Waals surface area contributed by atoms with Gasteiger partial charge >= 0.3 is 0 Å². The average Bonchev–Trinajstić information content (AvgIpc) is 2.30. The quantitative estimate of drug-likeness (QED) is 0.785. The highest BCUT2D eigenvalue weighted by molar-refractivity contribution is 5.90. The summed E-state index contributed by atoms with van der Waals surface area (Å²) in [7, 11) is 0. The van der Waals surface area contributed by atoms with Gasteiger partial charge in [-0.2, -0.15) is 0 Å². The second-order valence-electron chi connectivity index (χ2n) is 3.56. The van der Waals surface area contributed by atoms with E-state index in [9.17, 15) is 4.79 Å². The number of amides is 1. The molecule has 0 fully saturated rings. The molecule has 1 amide bonds. The van der Waals surface area contributed by atoms with Gasteiger partial charge < -0.3 is 10.6 Å². The zero-order valence-electron chi connectivity index (χ0n) is 9.81. The largest absolute Gasteiger partial charge is 0.364 e. The number of carbonyl (C=O) groups excluding carboxylic acids is 1. The molecule has 0 aromatic carbocycles. The van der Waals surface area contributed by atoms with Gasteiger partial charge in [0.25, 0.3) is 5.91 Å². The van der Waals surface area contributed by atoms with Gasteiger partial charge in [0.1, 0.15) is 11.5 Å². The molecule has 0 atom stereocenters. The number of nitrogens with two attached hydrogens (primary N) is 1. The van der Waals surface area contributed by atoms with Crippen LogP contribution >= 0.6 is 0 Å². The van der Waals surface area contributed by atoms with Crippen LogP contribution in [0.25, 0.3) is 0 Å². The summed E-state index contributed by atoms with van der Waals surface area (Å²) in [6, 6.07) is 0. The van der Waals surface area contributed by atoms with E-state index in [0.717, 1.165) is 25.9 Å². The first-order valence-electron chi connectivity index (χ1n) is 5.55. The molecular weight excluding hydrogens is 204 g/mol. The third-order valence-corrected chi connectivity index (χ3v) is 2.36. The molecule has 2 N–H and O–H groups in total. The van der Waals surface area contributed by atoms with Crippen LogP contribution in [0.1, 0.15) is 37.2 Å². The average molecular weight is 222 g/mol. The molecule has 16 heavy (non-hydrogen) atoms. The minimum atomic E-state index is -0.541. The van der Waals surface area contributed by atoms with Crippen molar-refractivity contribution in [1.29, 1.82) is 0 Å². The molecule has 1 aromatic rings. The van der Waals surface area contributed by atoms with Crippen molar-refractivity contribution in [2.75, 3.05) is 18.0 Å². The van der Waals surface area contributed by atoms with Crippen molar-refractivity contribution in [3.63, 3.8) is 0 Å². The molecule has 0 radical (unpaired) electrons. The topological polar surface area (TPSA) is 72.1 Å². The summed E-state index contributed by atoms with van der Waals surface area (Å²) in [5.41, 5.74) is 5.38. The molecule has 1 aromatic heterocycles. The number of anilines is 1. The van der Waals surface area contributed by atoms with Gasteiger partial charge in [0.05, 0.1) is 12.4 Å². The van der Waals surface area contributed by atoms with Gasteiger partial charge in [-0.25, -0.2) is 4.98 Å². The second-order valence-corrected chi connectivity index (χ2v) is 3.56. The van der Waals surface area contributed by atoms with E-state index in [1.165, 1.54) is 6.20 Å². The molecule has 1 heterocycles. The van der Waals surface area contributed by atoms with E-state index >= 15 is 0 Å². The van der Waals surface area contributed by atoms with Gasteiger partial charge in [-0.05, 0) is 13.3 Å². The summed E-state index contributed by atoms with van der Waals surface area (Å²) in [5, 5.41) is 0. The number of hydrogen-bond donors (Lipinski definition) is 1. The molecule has 0 saturated heterocycles. The molecule has 0 aliphatic rings. The number of unbranched alkanes of at least 4 members (excludes halogenated alkanes) is 1. The summed E-state index contributed by atoms with van der Waals surface area (Å²) in [6.07, 6.45) is 5.26. The number of nitrogens with zero attached hydrogens (tertiary/aromatic N) is 3. The van der Waals surface area contributed by atoms with Gasteiger partial charge in [0.15, 0.2) is 0 Å². The Labute approximate surface area is 95.7 Å². The van der Waals surface area contributed by atoms with Gasteiger partial charge in [-0.15, -0.1) is 0 Å². The number of rotatable bonds is 6. The van der Waals surface area contributed by atoms with Crippen molar-refractivity contribution in [3.8, 4) is 0 Å². The first-order valence-corrected chi connectivity index (χ1v) is 5.55. The third-order valence-electron chi connectivity index (χ3n) is 2.36. The van der Waals surface area contributed by atoms with Crippen molar-refractivity contribution in [3.05, 3.63) is 18.1 Å². The highest BCUT2D eigenvalue weighted by Crippen LogP contribution is 2.10. The maximum atomic E-state index is 11.0. The fourth-order valence-corrected chi connectivity index (χ4v) is 1.41. The molecule has 0 aliphatic heterocycles. The fourth-order valence-electron chi connectivity index (χ4n) is 1.41. The van der Waals surface area contributed by atoms with E-state index < -0.39 is 5.91 Å². The van der Waals surface area contributed by atoms with Crippen LogP contribution in [0.2, 0.25) is 0 Å². The Morgan fingerprint density at radius 2 is 2.19 bits per heavy atom. The summed E-state index contributed by atoms with van der Waals surface area (Å²) >= 11 is 0. The minimum absolute atomic E-state index is 0.215. The summed E-state index contributed by atoms with van der Waals surface area (Å²) in [5.74, 6) is 0.174. The highest BCUT2D eigenvalue weighted by Gasteiger charge is 2.09. The van der Waals surface area contributed by atoms with Gasteiger partial charge in [0.2, 0.25) is 0 Å². The molecule has 0 bridgehead atoms. The zero-order chi connectivity index (χ0) is 12.0. The Kier molecular flexibility index (Phi) is 4.69. The number of aromatic nitrogens is 2. The van der Waals surface area contributed by atoms with E-state index in [4.69, 9.17) is 5.73 Å². The monoisotopic (exact) mass is 222 g/mol. The number of carbonyl (C=O) groups is 1. The lowest BCUT2D eigenvalue weighted by Gasteiger charge is -2.21. The van der Waals surface area contributed by atoms with Gasteiger partial charge in [-0.1, -0.05) is 13.3 Å². The van der Waals surface area contributed by atoms with Crippen molar-refractivity contribution in [1.82, 2.24) is 9.97 Å². The van der Waals surface area contributed by atoms with Crippen molar-refractivity contribution in [2.24, 2.45) is 5.73 Å². The van der Waals surface area contributed by atoms with Gasteiger partial charge in [0, 0.05) is 13.1 Å². The Hall–Kier alpha value is -1.65. The third kappa shape index (κ3) is 3.18. The Morgan fingerprint density at radius 3 is 2.75 bits per heavy atom. The van der Waals surface area contributed by atoms with E-state index in [0.29, 0.717) is 5.82 Å². The second kappa shape index (κ2) is 6.05. The van der Waals surface area contributed by atoms with Crippen LogP contribution in [0.5, 0.6) is 0 Å². The van der Waals surface area contributed by atoms with E-state index in [-0.39, 0.29) is 5.69 Å². The number of hydrogen-bond acceptors (Lipinski definition) is 4. The van der Waals surface area contributed by atoms with E-state index in [1.807, 2.05) is 6.92 Å². The summed E-state index contributed by atoms with van der Waals surface area (Å²) < 4.78 is 0. The van der Waals surface area contributed by atoms with Crippen LogP contribution in [0.3, 0.4) is 0 Å². The maximum Gasteiger partial charge on any atom is 0.268 e. The molecule has 5 nitrogen and oxygen atoms in total. The first-order chi connectivity index (χ1) is 7.69. The van der Waals surface area contributed by atoms with Crippen LogP contribution < -0.4 is 10.6 Å². The Bertz CT molecular complexity index is 354. The molecule has 88 valence electrons. The molecular formula is C11H18N4O. The lowest BCUT2D eigenvalue weighted by atomic mass is 10.3. The van der Waals surface area contributed by atoms with Crippen LogP contribution in [-0.4, -0.2) is 29.0 Å². The Balaban J connectivity index is 2.83. The van der Waals surface area contributed by atoms with Crippen LogP contribution in [0, 0.1) is 0 Å². The molecule has 0 spiro atoms. The lowest BCUT2D eigenvalue weighted by molar-refractivity contribution is 0.0995. The molecule has 0 unspecified atom stereocenters. The normalized spacial score (nSPS) is 10.1. The summed E-state index contributed by atoms with van der Waals surface area (Å²) in [4.78, 5) is 21.2. The fraction of sp³-hybridized carbons (Fsp3) is 0.545. The van der Waals surface area contributed by atoms with Gasteiger partial charge in [-0.3, -0.25) is 9.78 Å². The van der Waals surface area contributed by atoms with Crippen molar-refractivity contribution in [2.45, 2.75) is 26.7 Å². The zero-order valence-corrected chi connectivity index (χ0v) is 9.81. The smallest absolute Gasteiger partial charge is 0.268 e. The van der Waals surface area contributed by atoms with Crippen molar-refractivity contribution < 1.29 is 4.79 Å². The molecule has 0 aliphatic carbocycles. The SMILES string of the molecule is CCCCN(CC)c1cncc(C(N)=O)n1. The summed E-state index contributed by atoms with van der Waals surface area (Å²) in [6.45, 7) is 5.95. The molecule has 5 heteroatoms. The first kappa shape index (κ1) is 12.4. The Morgan fingerprint density at radius 1 is 1.44 bits per heavy atom. The van der Waals surface area contributed by atoms with E-state index in [2.05, 4.69) is 21.8 Å². The minimum Gasteiger partial charge on any atom is -0.364 e. The maximum absolute atomic E-state index is 11.0. The molecule has 0 saturated carbocycles. The van der Waals surface area contributed by atoms with Crippen LogP contribution in [0.15, 0.2) is 12.4 Å².